The van der Waals surface area contributed by atoms with Crippen molar-refractivity contribution >= 4 is 18.0 Å². The molecule has 0 bridgehead atoms. The molecule has 2 aliphatic carbocycles. The molecule has 2 amide bonds. The molecular weight excluding hydrogens is 530 g/mol. The van der Waals surface area contributed by atoms with Crippen LogP contribution in [0.1, 0.15) is 54.7 Å². The Kier molecular flexibility index (Phi) is 7.98. The first-order valence-corrected chi connectivity index (χ1v) is 14.8. The molecule has 0 radical (unpaired) electrons. The van der Waals surface area contributed by atoms with E-state index >= 15 is 0 Å². The Labute approximate surface area is 246 Å². The molecule has 218 valence electrons. The number of likely N-dealkylation sites (tertiary alicyclic amines) is 1. The number of carbonyl (C=O) groups excluding carboxylic acids is 2. The molecule has 3 unspecified atom stereocenters. The van der Waals surface area contributed by atoms with Crippen molar-refractivity contribution < 1.29 is 24.2 Å². The third-order valence-electron chi connectivity index (χ3n) is 9.08. The van der Waals surface area contributed by atoms with Crippen LogP contribution < -0.4 is 10.6 Å². The summed E-state index contributed by atoms with van der Waals surface area (Å²) in [7, 11) is 0. The maximum atomic E-state index is 13.9. The van der Waals surface area contributed by atoms with Gasteiger partial charge in [-0.2, -0.15) is 0 Å². The molecule has 0 aromatic heterocycles. The molecular formula is C34H37N3O5. The predicted molar refractivity (Wildman–Crippen MR) is 159 cm³/mol. The van der Waals surface area contributed by atoms with Crippen LogP contribution in [-0.4, -0.2) is 59.3 Å². The lowest BCUT2D eigenvalue weighted by atomic mass is 9.85. The fraction of sp³-hybridized carbons (Fsp3) is 0.382. The number of hydrogen-bond donors (Lipinski definition) is 3. The monoisotopic (exact) mass is 567 g/mol. The van der Waals surface area contributed by atoms with Gasteiger partial charge in [0, 0.05) is 31.6 Å². The van der Waals surface area contributed by atoms with E-state index in [9.17, 15) is 19.5 Å². The summed E-state index contributed by atoms with van der Waals surface area (Å²) in [4.78, 5) is 41.0. The number of carbonyl (C=O) groups is 3. The Morgan fingerprint density at radius 3 is 2.26 bits per heavy atom. The predicted octanol–water partition coefficient (Wildman–Crippen LogP) is 4.93. The second-order valence-electron chi connectivity index (χ2n) is 11.9. The van der Waals surface area contributed by atoms with Gasteiger partial charge in [0.2, 0.25) is 5.91 Å². The molecule has 2 fully saturated rings. The summed E-state index contributed by atoms with van der Waals surface area (Å²) in [5.41, 5.74) is 4.51. The maximum Gasteiger partial charge on any atom is 0.408 e. The first-order valence-electron chi connectivity index (χ1n) is 14.8. The summed E-state index contributed by atoms with van der Waals surface area (Å²) in [5, 5.41) is 15.6. The molecule has 1 saturated carbocycles. The first kappa shape index (κ1) is 28.0. The van der Waals surface area contributed by atoms with Crippen LogP contribution in [-0.2, 0) is 20.9 Å². The second kappa shape index (κ2) is 12.0. The number of benzene rings is 3. The van der Waals surface area contributed by atoms with Crippen LogP contribution >= 0.6 is 0 Å². The highest BCUT2D eigenvalue weighted by Crippen LogP contribution is 2.44. The van der Waals surface area contributed by atoms with Crippen LogP contribution in [0.25, 0.3) is 11.1 Å². The van der Waals surface area contributed by atoms with Crippen molar-refractivity contribution in [2.75, 3.05) is 19.7 Å². The van der Waals surface area contributed by atoms with Gasteiger partial charge in [-0.25, -0.2) is 4.79 Å². The molecule has 3 N–H and O–H groups in total. The van der Waals surface area contributed by atoms with Crippen molar-refractivity contribution in [2.45, 2.75) is 56.1 Å². The van der Waals surface area contributed by atoms with Crippen LogP contribution in [0.5, 0.6) is 0 Å². The maximum absolute atomic E-state index is 13.9. The SMILES string of the molecule is O=C(NC1(C(=O)NC2CCCC(C(=O)O)C2)CCN(Cc2ccccc2)C1)OCC1c2ccccc2-c2ccccc21. The Hall–Kier alpha value is -4.17. The molecule has 1 saturated heterocycles. The summed E-state index contributed by atoms with van der Waals surface area (Å²) >= 11 is 0. The number of alkyl carbamates (subject to hydrolysis) is 1. The summed E-state index contributed by atoms with van der Waals surface area (Å²) in [5.74, 6) is -1.65. The number of carboxylic acid groups (broad SMARTS) is 1. The molecule has 0 spiro atoms. The van der Waals surface area contributed by atoms with Crippen molar-refractivity contribution in [3.8, 4) is 11.1 Å². The van der Waals surface area contributed by atoms with Gasteiger partial charge in [0.05, 0.1) is 5.92 Å². The zero-order chi connectivity index (χ0) is 29.1. The molecule has 1 heterocycles. The van der Waals surface area contributed by atoms with E-state index in [1.807, 2.05) is 54.6 Å². The molecule has 3 aromatic rings. The van der Waals surface area contributed by atoms with Gasteiger partial charge in [0.25, 0.3) is 0 Å². The number of carboxylic acids is 1. The number of rotatable bonds is 8. The van der Waals surface area contributed by atoms with E-state index < -0.39 is 23.5 Å². The van der Waals surface area contributed by atoms with Crippen LogP contribution in [0, 0.1) is 5.92 Å². The summed E-state index contributed by atoms with van der Waals surface area (Å²) < 4.78 is 5.84. The smallest absolute Gasteiger partial charge is 0.408 e. The number of fused-ring (bicyclic) bond motifs is 3. The molecule has 6 rings (SSSR count). The van der Waals surface area contributed by atoms with Gasteiger partial charge in [-0.3, -0.25) is 14.5 Å². The standard InChI is InChI=1S/C34H37N3O5/c38-31(39)24-11-8-12-25(19-24)35-32(40)34(17-18-37(22-34)20-23-9-2-1-3-10-23)36-33(41)42-21-30-28-15-6-4-13-26(28)27-14-5-7-16-29(27)30/h1-7,9-10,13-16,24-25,30H,8,11-12,17-22H2,(H,35,40)(H,36,41)(H,38,39). The highest BCUT2D eigenvalue weighted by atomic mass is 16.5. The van der Waals surface area contributed by atoms with Crippen LogP contribution in [0.3, 0.4) is 0 Å². The molecule has 42 heavy (non-hydrogen) atoms. The van der Waals surface area contributed by atoms with Gasteiger partial charge < -0.3 is 20.5 Å². The van der Waals surface area contributed by atoms with Crippen LogP contribution in [0.15, 0.2) is 78.9 Å². The number of ether oxygens (including phenoxy) is 1. The molecule has 8 nitrogen and oxygen atoms in total. The Balaban J connectivity index is 1.16. The lowest BCUT2D eigenvalue weighted by molar-refractivity contribution is -0.143. The van der Waals surface area contributed by atoms with Crippen LogP contribution in [0.4, 0.5) is 4.79 Å². The van der Waals surface area contributed by atoms with E-state index in [0.29, 0.717) is 38.9 Å². The number of nitrogens with zero attached hydrogens (tertiary/aromatic N) is 1. The second-order valence-corrected chi connectivity index (χ2v) is 11.9. The van der Waals surface area contributed by atoms with Gasteiger partial charge >= 0.3 is 12.1 Å². The fourth-order valence-electron chi connectivity index (χ4n) is 6.91. The third-order valence-corrected chi connectivity index (χ3v) is 9.08. The van der Waals surface area contributed by atoms with E-state index in [2.05, 4.69) is 39.8 Å². The van der Waals surface area contributed by atoms with Crippen LogP contribution in [0.2, 0.25) is 0 Å². The highest BCUT2D eigenvalue weighted by molar-refractivity contribution is 5.91. The summed E-state index contributed by atoms with van der Waals surface area (Å²) in [6.07, 6.45) is 2.30. The fourth-order valence-corrected chi connectivity index (χ4v) is 6.91. The topological polar surface area (TPSA) is 108 Å². The molecule has 3 atom stereocenters. The van der Waals surface area contributed by atoms with Crippen molar-refractivity contribution in [3.63, 3.8) is 0 Å². The Morgan fingerprint density at radius 2 is 1.57 bits per heavy atom. The van der Waals surface area contributed by atoms with Crippen molar-refractivity contribution in [2.24, 2.45) is 5.92 Å². The molecule has 3 aliphatic rings. The van der Waals surface area contributed by atoms with E-state index in [1.54, 1.807) is 0 Å². The van der Waals surface area contributed by atoms with E-state index in [0.717, 1.165) is 40.7 Å². The number of nitrogens with one attached hydrogen (secondary N) is 2. The minimum atomic E-state index is -1.17. The average molecular weight is 568 g/mol. The molecule has 8 heteroatoms. The third kappa shape index (κ3) is 5.77. The van der Waals surface area contributed by atoms with Crippen molar-refractivity contribution in [3.05, 3.63) is 95.6 Å². The molecule has 1 aliphatic heterocycles. The zero-order valence-corrected chi connectivity index (χ0v) is 23.6. The quantitative estimate of drug-likeness (QED) is 0.356. The minimum absolute atomic E-state index is 0.0822. The average Bonchev–Trinajstić information content (AvgIpc) is 3.56. The van der Waals surface area contributed by atoms with Gasteiger partial charge in [0.1, 0.15) is 12.1 Å². The van der Waals surface area contributed by atoms with Crippen molar-refractivity contribution in [1.82, 2.24) is 15.5 Å². The van der Waals surface area contributed by atoms with Crippen molar-refractivity contribution in [1.29, 1.82) is 0 Å². The minimum Gasteiger partial charge on any atom is -0.481 e. The number of hydrogen-bond acceptors (Lipinski definition) is 5. The summed E-state index contributed by atoms with van der Waals surface area (Å²) in [6, 6.07) is 26.2. The van der Waals surface area contributed by atoms with Gasteiger partial charge in [-0.1, -0.05) is 85.3 Å². The van der Waals surface area contributed by atoms with Gasteiger partial charge in [-0.15, -0.1) is 0 Å². The number of amides is 2. The van der Waals surface area contributed by atoms with Gasteiger partial charge in [-0.05, 0) is 53.5 Å². The lowest BCUT2D eigenvalue weighted by Gasteiger charge is -2.33. The Bertz CT molecular complexity index is 1410. The normalized spacial score (nSPS) is 23.5. The number of aliphatic carboxylic acids is 1. The zero-order valence-electron chi connectivity index (χ0n) is 23.6. The van der Waals surface area contributed by atoms with E-state index in [-0.39, 0.29) is 24.5 Å². The van der Waals surface area contributed by atoms with Gasteiger partial charge in [0.15, 0.2) is 0 Å². The van der Waals surface area contributed by atoms with E-state index in [4.69, 9.17) is 4.74 Å². The Morgan fingerprint density at radius 1 is 0.905 bits per heavy atom. The lowest BCUT2D eigenvalue weighted by Crippen LogP contribution is -2.62. The summed E-state index contributed by atoms with van der Waals surface area (Å²) in [6.45, 7) is 1.79. The largest absolute Gasteiger partial charge is 0.481 e. The first-order chi connectivity index (χ1) is 20.4. The highest BCUT2D eigenvalue weighted by Gasteiger charge is 2.47. The molecule has 3 aromatic carbocycles. The van der Waals surface area contributed by atoms with E-state index in [1.165, 1.54) is 0 Å².